The molecule has 0 atom stereocenters. The molecule has 0 unspecified atom stereocenters. The molecule has 1 aromatic carbocycles. The molecule has 0 aliphatic rings. The quantitative estimate of drug-likeness (QED) is 0.889. The van der Waals surface area contributed by atoms with Gasteiger partial charge in [0, 0.05) is 6.54 Å². The molecule has 5 heteroatoms. The second-order valence-electron chi connectivity index (χ2n) is 4.84. The topological polar surface area (TPSA) is 53.6 Å². The van der Waals surface area contributed by atoms with Crippen LogP contribution >= 0.6 is 15.9 Å². The van der Waals surface area contributed by atoms with Crippen LogP contribution in [0.15, 0.2) is 22.7 Å². The summed E-state index contributed by atoms with van der Waals surface area (Å²) in [6.45, 7) is 7.59. The first-order valence-electron chi connectivity index (χ1n) is 7.09. The van der Waals surface area contributed by atoms with Crippen LogP contribution in [0.1, 0.15) is 36.4 Å². The van der Waals surface area contributed by atoms with Crippen molar-refractivity contribution < 1.29 is 0 Å². The maximum absolute atomic E-state index is 9.28. The van der Waals surface area contributed by atoms with Crippen molar-refractivity contribution in [3.8, 4) is 6.07 Å². The Bertz CT molecular complexity index is 682. The lowest BCUT2D eigenvalue weighted by Gasteiger charge is -2.11. The predicted octanol–water partition coefficient (Wildman–Crippen LogP) is 4.02. The highest BCUT2D eigenvalue weighted by Gasteiger charge is 2.14. The van der Waals surface area contributed by atoms with E-state index in [0.717, 1.165) is 40.1 Å². The summed E-state index contributed by atoms with van der Waals surface area (Å²) in [5, 5.41) is 17.2. The third-order valence-electron chi connectivity index (χ3n) is 3.53. The van der Waals surface area contributed by atoms with Crippen LogP contribution in [0.25, 0.3) is 0 Å². The van der Waals surface area contributed by atoms with Crippen molar-refractivity contribution in [2.45, 2.75) is 40.3 Å². The molecule has 2 aromatic rings. The molecular formula is C16H19BrN4. The van der Waals surface area contributed by atoms with Crippen LogP contribution in [0.3, 0.4) is 0 Å². The summed E-state index contributed by atoms with van der Waals surface area (Å²) in [5.74, 6) is 0. The Morgan fingerprint density at radius 1 is 1.38 bits per heavy atom. The summed E-state index contributed by atoms with van der Waals surface area (Å²) in [6.07, 6.45) is 0.897. The number of nitrogens with zero attached hydrogens (tertiary/aromatic N) is 3. The zero-order valence-corrected chi connectivity index (χ0v) is 14.2. The van der Waals surface area contributed by atoms with Gasteiger partial charge in [-0.25, -0.2) is 0 Å². The number of hydrogen-bond acceptors (Lipinski definition) is 3. The van der Waals surface area contributed by atoms with Crippen LogP contribution in [0, 0.1) is 18.3 Å². The highest BCUT2D eigenvalue weighted by Crippen LogP contribution is 2.25. The van der Waals surface area contributed by atoms with Crippen molar-refractivity contribution in [2.24, 2.45) is 0 Å². The third-order valence-corrected chi connectivity index (χ3v) is 4.44. The summed E-state index contributed by atoms with van der Waals surface area (Å²) >= 11 is 3.64. The molecule has 0 aliphatic carbocycles. The van der Waals surface area contributed by atoms with Crippen LogP contribution in [-0.2, 0) is 19.5 Å². The fourth-order valence-corrected chi connectivity index (χ4v) is 3.03. The van der Waals surface area contributed by atoms with Crippen molar-refractivity contribution in [2.75, 3.05) is 5.32 Å². The van der Waals surface area contributed by atoms with Gasteiger partial charge in [-0.2, -0.15) is 10.4 Å². The molecule has 0 spiro atoms. The van der Waals surface area contributed by atoms with Gasteiger partial charge in [-0.1, -0.05) is 19.1 Å². The summed E-state index contributed by atoms with van der Waals surface area (Å²) < 4.78 is 3.06. The van der Waals surface area contributed by atoms with Gasteiger partial charge in [0.1, 0.15) is 6.07 Å². The molecule has 0 radical (unpaired) electrons. The first-order chi connectivity index (χ1) is 10.1. The van der Waals surface area contributed by atoms with E-state index >= 15 is 0 Å². The lowest BCUT2D eigenvalue weighted by atomic mass is 10.1. The fourth-order valence-electron chi connectivity index (χ4n) is 2.33. The average molecular weight is 347 g/mol. The number of hydrogen-bond donors (Lipinski definition) is 1. The smallest absolute Gasteiger partial charge is 0.102 e. The largest absolute Gasteiger partial charge is 0.378 e. The fraction of sp³-hybridized carbons (Fsp3) is 0.375. The molecule has 1 aromatic heterocycles. The van der Waals surface area contributed by atoms with Crippen LogP contribution in [0.2, 0.25) is 0 Å². The molecule has 1 heterocycles. The lowest BCUT2D eigenvalue weighted by Crippen LogP contribution is -2.09. The normalized spacial score (nSPS) is 10.4. The molecule has 2 rings (SSSR count). The van der Waals surface area contributed by atoms with Gasteiger partial charge in [-0.3, -0.25) is 4.68 Å². The van der Waals surface area contributed by atoms with Gasteiger partial charge in [-0.05, 0) is 47.8 Å². The average Bonchev–Trinajstić information content (AvgIpc) is 2.80. The predicted molar refractivity (Wildman–Crippen MR) is 88.2 cm³/mol. The molecule has 4 nitrogen and oxygen atoms in total. The maximum Gasteiger partial charge on any atom is 0.102 e. The van der Waals surface area contributed by atoms with Crippen LogP contribution in [0.5, 0.6) is 0 Å². The molecule has 0 aliphatic heterocycles. The third kappa shape index (κ3) is 3.11. The summed E-state index contributed by atoms with van der Waals surface area (Å²) in [4.78, 5) is 0. The molecule has 1 N–H and O–H groups in total. The van der Waals surface area contributed by atoms with Gasteiger partial charge in [0.25, 0.3) is 0 Å². The van der Waals surface area contributed by atoms with E-state index in [4.69, 9.17) is 0 Å². The van der Waals surface area contributed by atoms with Crippen molar-refractivity contribution >= 4 is 21.6 Å². The zero-order valence-electron chi connectivity index (χ0n) is 12.6. The minimum absolute atomic E-state index is 0.638. The van der Waals surface area contributed by atoms with E-state index in [1.54, 1.807) is 0 Å². The van der Waals surface area contributed by atoms with Gasteiger partial charge < -0.3 is 5.32 Å². The summed E-state index contributed by atoms with van der Waals surface area (Å²) in [5.41, 5.74) is 4.73. The molecular weight excluding hydrogens is 328 g/mol. The Balaban J connectivity index is 2.27. The number of nitrogens with one attached hydrogen (secondary N) is 1. The molecule has 0 amide bonds. The zero-order chi connectivity index (χ0) is 15.4. The van der Waals surface area contributed by atoms with E-state index in [0.29, 0.717) is 12.1 Å². The second-order valence-corrected chi connectivity index (χ2v) is 5.63. The van der Waals surface area contributed by atoms with Crippen molar-refractivity contribution in [3.05, 3.63) is 45.2 Å². The van der Waals surface area contributed by atoms with Crippen LogP contribution < -0.4 is 5.32 Å². The number of aryl methyl sites for hydroxylation is 3. The molecule has 0 fully saturated rings. The molecule has 0 saturated carbocycles. The maximum atomic E-state index is 9.28. The number of aromatic nitrogens is 2. The van der Waals surface area contributed by atoms with Crippen molar-refractivity contribution in [3.63, 3.8) is 0 Å². The van der Waals surface area contributed by atoms with Gasteiger partial charge in [0.2, 0.25) is 0 Å². The minimum atomic E-state index is 0.638. The van der Waals surface area contributed by atoms with Gasteiger partial charge in [0.15, 0.2) is 0 Å². The number of rotatable bonds is 5. The first-order valence-corrected chi connectivity index (χ1v) is 7.89. The Morgan fingerprint density at radius 3 is 2.76 bits per heavy atom. The van der Waals surface area contributed by atoms with E-state index in [-0.39, 0.29) is 0 Å². The minimum Gasteiger partial charge on any atom is -0.378 e. The molecule has 110 valence electrons. The van der Waals surface area contributed by atoms with E-state index < -0.39 is 0 Å². The SMILES string of the molecule is CCc1nn(CC)c(CNc2cccc(C)c2C#N)c1Br. The van der Waals surface area contributed by atoms with Gasteiger partial charge in [0.05, 0.1) is 33.7 Å². The number of nitriles is 1. The van der Waals surface area contributed by atoms with Crippen molar-refractivity contribution in [1.82, 2.24) is 9.78 Å². The second kappa shape index (κ2) is 6.77. The van der Waals surface area contributed by atoms with Crippen molar-refractivity contribution in [1.29, 1.82) is 5.26 Å². The monoisotopic (exact) mass is 346 g/mol. The van der Waals surface area contributed by atoms with E-state index in [1.807, 2.05) is 29.8 Å². The highest BCUT2D eigenvalue weighted by atomic mass is 79.9. The molecule has 21 heavy (non-hydrogen) atoms. The van der Waals surface area contributed by atoms with E-state index in [2.05, 4.69) is 46.3 Å². The van der Waals surface area contributed by atoms with E-state index in [1.165, 1.54) is 0 Å². The Labute approximate surface area is 133 Å². The van der Waals surface area contributed by atoms with E-state index in [9.17, 15) is 5.26 Å². The number of benzene rings is 1. The summed E-state index contributed by atoms with van der Waals surface area (Å²) in [6, 6.07) is 8.11. The van der Waals surface area contributed by atoms with Crippen LogP contribution in [-0.4, -0.2) is 9.78 Å². The Morgan fingerprint density at radius 2 is 2.14 bits per heavy atom. The Hall–Kier alpha value is -1.80. The van der Waals surface area contributed by atoms with Crippen LogP contribution in [0.4, 0.5) is 5.69 Å². The molecule has 0 bridgehead atoms. The molecule has 0 saturated heterocycles. The lowest BCUT2D eigenvalue weighted by molar-refractivity contribution is 0.619. The summed E-state index contributed by atoms with van der Waals surface area (Å²) in [7, 11) is 0. The Kier molecular flexibility index (Phi) is 5.03. The van der Waals surface area contributed by atoms with Gasteiger partial charge in [-0.15, -0.1) is 0 Å². The number of anilines is 1. The van der Waals surface area contributed by atoms with Gasteiger partial charge >= 0.3 is 0 Å². The first kappa shape index (κ1) is 15.6. The highest BCUT2D eigenvalue weighted by molar-refractivity contribution is 9.10. The number of halogens is 1. The standard InChI is InChI=1S/C16H19BrN4/c1-4-13-16(17)15(21(5-2)20-13)10-19-14-8-6-7-11(3)12(14)9-18/h6-8,19H,4-5,10H2,1-3H3.